The normalized spacial score (nSPS) is 9.42. The number of nitrogens with zero attached hydrogens (tertiary/aromatic N) is 1. The molecule has 0 saturated heterocycles. The van der Waals surface area contributed by atoms with Crippen molar-refractivity contribution in [2.24, 2.45) is 10.7 Å². The quantitative estimate of drug-likeness (QED) is 0.532. The molecular weight excluding hydrogens is 174 g/mol. The molecule has 0 aliphatic carbocycles. The predicted molar refractivity (Wildman–Crippen MR) is 51.7 cm³/mol. The van der Waals surface area contributed by atoms with Gasteiger partial charge in [0.05, 0.1) is 10.7 Å². The SMILES string of the molecule is C=Nc1c(Cl)cccc1C(=N)N. The van der Waals surface area contributed by atoms with Crippen LogP contribution in [0.4, 0.5) is 5.69 Å². The van der Waals surface area contributed by atoms with Crippen molar-refractivity contribution in [1.82, 2.24) is 0 Å². The van der Waals surface area contributed by atoms with Gasteiger partial charge in [0.2, 0.25) is 0 Å². The summed E-state index contributed by atoms with van der Waals surface area (Å²) in [5, 5.41) is 7.66. The highest BCUT2D eigenvalue weighted by molar-refractivity contribution is 6.33. The highest BCUT2D eigenvalue weighted by atomic mass is 35.5. The molecule has 0 amide bonds. The zero-order valence-electron chi connectivity index (χ0n) is 6.34. The molecule has 0 aliphatic heterocycles. The Bertz CT molecular complexity index is 333. The molecule has 0 radical (unpaired) electrons. The molecule has 0 aliphatic rings. The van der Waals surface area contributed by atoms with E-state index in [1.807, 2.05) is 0 Å². The summed E-state index contributed by atoms with van der Waals surface area (Å²) < 4.78 is 0. The first-order valence-corrected chi connectivity index (χ1v) is 3.64. The van der Waals surface area contributed by atoms with Crippen LogP contribution in [-0.2, 0) is 0 Å². The van der Waals surface area contributed by atoms with Gasteiger partial charge in [-0.2, -0.15) is 0 Å². The van der Waals surface area contributed by atoms with Crippen molar-refractivity contribution in [3.63, 3.8) is 0 Å². The van der Waals surface area contributed by atoms with Crippen molar-refractivity contribution in [1.29, 1.82) is 5.41 Å². The lowest BCUT2D eigenvalue weighted by atomic mass is 10.1. The van der Waals surface area contributed by atoms with Crippen LogP contribution in [-0.4, -0.2) is 12.6 Å². The van der Waals surface area contributed by atoms with E-state index in [4.69, 9.17) is 22.7 Å². The van der Waals surface area contributed by atoms with E-state index in [-0.39, 0.29) is 5.84 Å². The van der Waals surface area contributed by atoms with E-state index < -0.39 is 0 Å². The van der Waals surface area contributed by atoms with Crippen LogP contribution in [0.25, 0.3) is 0 Å². The third-order valence-electron chi connectivity index (χ3n) is 1.44. The van der Waals surface area contributed by atoms with E-state index >= 15 is 0 Å². The number of nitrogens with one attached hydrogen (secondary N) is 1. The van der Waals surface area contributed by atoms with E-state index in [2.05, 4.69) is 11.7 Å². The van der Waals surface area contributed by atoms with Crippen LogP contribution in [0.2, 0.25) is 5.02 Å². The largest absolute Gasteiger partial charge is 0.384 e. The Morgan fingerprint density at radius 3 is 2.67 bits per heavy atom. The first-order valence-electron chi connectivity index (χ1n) is 3.26. The second-order valence-corrected chi connectivity index (χ2v) is 2.61. The summed E-state index contributed by atoms with van der Waals surface area (Å²) in [4.78, 5) is 3.69. The minimum Gasteiger partial charge on any atom is -0.384 e. The summed E-state index contributed by atoms with van der Waals surface area (Å²) in [5.74, 6) is -0.0556. The van der Waals surface area contributed by atoms with Crippen molar-refractivity contribution in [2.75, 3.05) is 0 Å². The summed E-state index contributed by atoms with van der Waals surface area (Å²) >= 11 is 5.79. The van der Waals surface area contributed by atoms with Crippen LogP contribution < -0.4 is 5.73 Å². The Balaban J connectivity index is 3.37. The number of hydrogen-bond donors (Lipinski definition) is 2. The highest BCUT2D eigenvalue weighted by Gasteiger charge is 2.06. The smallest absolute Gasteiger partial charge is 0.125 e. The predicted octanol–water partition coefficient (Wildman–Crippen LogP) is 1.96. The number of rotatable bonds is 2. The molecule has 0 spiro atoms. The molecule has 0 heterocycles. The molecule has 0 unspecified atom stereocenters. The number of amidine groups is 1. The fourth-order valence-corrected chi connectivity index (χ4v) is 1.13. The molecule has 1 aromatic rings. The average Bonchev–Trinajstić information content (AvgIpc) is 2.03. The molecule has 0 atom stereocenters. The third kappa shape index (κ3) is 1.46. The van der Waals surface area contributed by atoms with E-state index in [0.717, 1.165) is 0 Å². The summed E-state index contributed by atoms with van der Waals surface area (Å²) in [6, 6.07) is 5.07. The number of aliphatic imine (C=N–C) groups is 1. The van der Waals surface area contributed by atoms with Crippen molar-refractivity contribution < 1.29 is 0 Å². The molecule has 0 saturated carbocycles. The van der Waals surface area contributed by atoms with Crippen molar-refractivity contribution in [3.05, 3.63) is 28.8 Å². The molecule has 1 aromatic carbocycles. The second-order valence-electron chi connectivity index (χ2n) is 2.21. The number of halogens is 1. The number of benzene rings is 1. The van der Waals surface area contributed by atoms with Crippen molar-refractivity contribution in [2.45, 2.75) is 0 Å². The van der Waals surface area contributed by atoms with Crippen LogP contribution in [0.5, 0.6) is 0 Å². The maximum absolute atomic E-state index is 7.21. The molecule has 3 N–H and O–H groups in total. The number of hydrogen-bond acceptors (Lipinski definition) is 2. The number of nitrogens with two attached hydrogens (primary N) is 1. The minimum atomic E-state index is -0.0556. The molecule has 3 nitrogen and oxygen atoms in total. The molecular formula is C8H8ClN3. The monoisotopic (exact) mass is 181 g/mol. The van der Waals surface area contributed by atoms with Crippen LogP contribution in [0, 0.1) is 5.41 Å². The summed E-state index contributed by atoms with van der Waals surface area (Å²) in [5.41, 5.74) is 6.27. The van der Waals surface area contributed by atoms with Crippen LogP contribution in [0.15, 0.2) is 23.2 Å². The maximum Gasteiger partial charge on any atom is 0.125 e. The Labute approximate surface area is 75.4 Å². The van der Waals surface area contributed by atoms with E-state index in [1.165, 1.54) is 0 Å². The maximum atomic E-state index is 7.21. The molecule has 0 fully saturated rings. The first kappa shape index (κ1) is 8.74. The van der Waals surface area contributed by atoms with Gasteiger partial charge < -0.3 is 5.73 Å². The molecule has 1 rings (SSSR count). The Morgan fingerprint density at radius 2 is 2.25 bits per heavy atom. The van der Waals surface area contributed by atoms with Gasteiger partial charge in [-0.3, -0.25) is 10.4 Å². The Hall–Kier alpha value is -1.35. The van der Waals surface area contributed by atoms with Crippen LogP contribution >= 0.6 is 11.6 Å². The van der Waals surface area contributed by atoms with Crippen molar-refractivity contribution in [3.8, 4) is 0 Å². The fraction of sp³-hybridized carbons (Fsp3) is 0. The van der Waals surface area contributed by atoms with Crippen molar-refractivity contribution >= 4 is 29.8 Å². The molecule has 12 heavy (non-hydrogen) atoms. The third-order valence-corrected chi connectivity index (χ3v) is 1.74. The van der Waals surface area contributed by atoms with Crippen LogP contribution in [0.3, 0.4) is 0 Å². The fourth-order valence-electron chi connectivity index (χ4n) is 0.893. The van der Waals surface area contributed by atoms with Gasteiger partial charge in [-0.25, -0.2) is 0 Å². The lowest BCUT2D eigenvalue weighted by Gasteiger charge is -2.03. The van der Waals surface area contributed by atoms with Gasteiger partial charge in [-0.05, 0) is 18.9 Å². The van der Waals surface area contributed by atoms with Gasteiger partial charge in [0.15, 0.2) is 0 Å². The second kappa shape index (κ2) is 3.36. The molecule has 4 heteroatoms. The Kier molecular flexibility index (Phi) is 2.45. The molecule has 62 valence electrons. The lowest BCUT2D eigenvalue weighted by molar-refractivity contribution is 1.40. The van der Waals surface area contributed by atoms with Gasteiger partial charge in [-0.15, -0.1) is 0 Å². The minimum absolute atomic E-state index is 0.0556. The van der Waals surface area contributed by atoms with E-state index in [9.17, 15) is 0 Å². The standard InChI is InChI=1S/C8H8ClN3/c1-12-7-5(8(10)11)3-2-4-6(7)9/h2-4H,1H2,(H3,10,11). The van der Waals surface area contributed by atoms with Gasteiger partial charge in [0.25, 0.3) is 0 Å². The molecule has 0 aromatic heterocycles. The number of para-hydroxylation sites is 1. The zero-order chi connectivity index (χ0) is 9.14. The first-order chi connectivity index (χ1) is 5.66. The number of nitrogen functional groups attached to an aromatic ring is 1. The average molecular weight is 182 g/mol. The summed E-state index contributed by atoms with van der Waals surface area (Å²) in [6.07, 6.45) is 0. The summed E-state index contributed by atoms with van der Waals surface area (Å²) in [7, 11) is 0. The topological polar surface area (TPSA) is 62.2 Å². The van der Waals surface area contributed by atoms with Gasteiger partial charge in [0.1, 0.15) is 5.84 Å². The summed E-state index contributed by atoms with van der Waals surface area (Å²) in [6.45, 7) is 3.35. The lowest BCUT2D eigenvalue weighted by Crippen LogP contribution is -2.11. The van der Waals surface area contributed by atoms with Gasteiger partial charge in [0, 0.05) is 5.56 Å². The Morgan fingerprint density at radius 1 is 1.58 bits per heavy atom. The van der Waals surface area contributed by atoms with E-state index in [1.54, 1.807) is 18.2 Å². The van der Waals surface area contributed by atoms with Crippen LogP contribution in [0.1, 0.15) is 5.56 Å². The molecule has 0 bridgehead atoms. The highest BCUT2D eigenvalue weighted by Crippen LogP contribution is 2.27. The van der Waals surface area contributed by atoms with Gasteiger partial charge in [-0.1, -0.05) is 17.7 Å². The zero-order valence-corrected chi connectivity index (χ0v) is 7.10. The van der Waals surface area contributed by atoms with E-state index in [0.29, 0.717) is 16.3 Å². The van der Waals surface area contributed by atoms with Gasteiger partial charge >= 0.3 is 0 Å².